The second-order valence-corrected chi connectivity index (χ2v) is 13.9. The number of amides is 3. The largest absolute Gasteiger partial charge is 0.466 e. The Labute approximate surface area is 271 Å². The Morgan fingerprint density at radius 2 is 1.83 bits per heavy atom. The van der Waals surface area contributed by atoms with E-state index in [2.05, 4.69) is 10.6 Å². The number of carbonyl (C=O) groups is 4. The molecule has 0 saturated heterocycles. The van der Waals surface area contributed by atoms with E-state index < -0.39 is 52.0 Å². The molecule has 0 saturated carbocycles. The summed E-state index contributed by atoms with van der Waals surface area (Å²) in [6.07, 6.45) is 0.285. The van der Waals surface area contributed by atoms with E-state index in [1.54, 1.807) is 40.7 Å². The first-order valence-electron chi connectivity index (χ1n) is 16.1. The Bertz CT molecular complexity index is 1240. The predicted octanol–water partition coefficient (Wildman–Crippen LogP) is 4.67. The fraction of sp³-hybridized carbons (Fsp3) is 0.697. The van der Waals surface area contributed by atoms with Crippen LogP contribution < -0.4 is 15.5 Å². The van der Waals surface area contributed by atoms with Gasteiger partial charge in [0.2, 0.25) is 11.8 Å². The molecule has 1 aromatic carbocycles. The van der Waals surface area contributed by atoms with Crippen molar-refractivity contribution in [2.45, 2.75) is 112 Å². The van der Waals surface area contributed by atoms with E-state index >= 15 is 0 Å². The number of nitro benzene ring substituents is 1. The van der Waals surface area contributed by atoms with Gasteiger partial charge in [-0.2, -0.15) is 0 Å². The number of ether oxygens (including phenoxy) is 2. The molecule has 4 atom stereocenters. The molecule has 0 aromatic heterocycles. The van der Waals surface area contributed by atoms with Gasteiger partial charge in [-0.15, -0.1) is 0 Å². The quantitative estimate of drug-likeness (QED) is 0.106. The number of alkyl carbamates (subject to hydrolysis) is 1. The second-order valence-electron chi connectivity index (χ2n) is 13.9. The fourth-order valence-corrected chi connectivity index (χ4v) is 5.50. The van der Waals surface area contributed by atoms with E-state index in [1.807, 2.05) is 20.8 Å². The number of anilines is 1. The molecule has 1 heterocycles. The van der Waals surface area contributed by atoms with Crippen LogP contribution in [0.25, 0.3) is 0 Å². The van der Waals surface area contributed by atoms with Gasteiger partial charge in [0.25, 0.3) is 5.69 Å². The van der Waals surface area contributed by atoms with E-state index in [9.17, 15) is 34.4 Å². The lowest BCUT2D eigenvalue weighted by molar-refractivity contribution is -0.384. The van der Waals surface area contributed by atoms with Gasteiger partial charge in [-0.3, -0.25) is 24.5 Å². The van der Waals surface area contributed by atoms with Crippen LogP contribution in [0.15, 0.2) is 18.2 Å². The molecule has 46 heavy (non-hydrogen) atoms. The average Bonchev–Trinajstić information content (AvgIpc) is 2.94. The van der Waals surface area contributed by atoms with Crippen LogP contribution in [0.1, 0.15) is 93.1 Å². The maximum absolute atomic E-state index is 13.9. The highest BCUT2D eigenvalue weighted by molar-refractivity contribution is 5.96. The molecule has 0 fully saturated rings. The van der Waals surface area contributed by atoms with Gasteiger partial charge in [0.15, 0.2) is 0 Å². The fourth-order valence-electron chi connectivity index (χ4n) is 5.50. The summed E-state index contributed by atoms with van der Waals surface area (Å²) in [4.78, 5) is 64.4. The highest BCUT2D eigenvalue weighted by Gasteiger charge is 2.38. The van der Waals surface area contributed by atoms with Crippen molar-refractivity contribution in [3.63, 3.8) is 0 Å². The van der Waals surface area contributed by atoms with Crippen molar-refractivity contribution in [2.24, 2.45) is 17.3 Å². The number of non-ortho nitro benzene ring substituents is 1. The molecule has 0 radical (unpaired) electrons. The standard InChI is InChI=1S/C33H52N4O9/c1-9-11-14-34-29(40)21(3)15-27(38)25(35-31(42)46-32(4,5)6)18-33(7,8)19-28(39)36-20-23(30(41)45-10-2)16-22-12-13-24(37(43)44)17-26(22)36/h12-13,17,21,23,25,27,38H,9-11,14-16,18-20H2,1-8H3,(H,34,40)(H,35,42)/t21-,23?,25+,27+/m1/s1. The van der Waals surface area contributed by atoms with Crippen LogP contribution in [-0.2, 0) is 30.3 Å². The zero-order chi connectivity index (χ0) is 34.8. The summed E-state index contributed by atoms with van der Waals surface area (Å²) in [7, 11) is 0. The number of hydrogen-bond acceptors (Lipinski definition) is 9. The van der Waals surface area contributed by atoms with Crippen molar-refractivity contribution in [3.05, 3.63) is 33.9 Å². The van der Waals surface area contributed by atoms with Gasteiger partial charge in [0, 0.05) is 37.6 Å². The molecular formula is C33H52N4O9. The summed E-state index contributed by atoms with van der Waals surface area (Å²) in [5, 5.41) is 28.4. The van der Waals surface area contributed by atoms with Gasteiger partial charge < -0.3 is 30.1 Å². The summed E-state index contributed by atoms with van der Waals surface area (Å²) in [5.74, 6) is -2.22. The van der Waals surface area contributed by atoms with Crippen molar-refractivity contribution in [1.82, 2.24) is 10.6 Å². The number of esters is 1. The van der Waals surface area contributed by atoms with Gasteiger partial charge in [0.1, 0.15) is 5.60 Å². The molecule has 13 heteroatoms. The first-order chi connectivity index (χ1) is 21.4. The third kappa shape index (κ3) is 11.9. The number of rotatable bonds is 15. The number of benzene rings is 1. The van der Waals surface area contributed by atoms with Gasteiger partial charge in [-0.1, -0.05) is 40.2 Å². The van der Waals surface area contributed by atoms with E-state index in [0.29, 0.717) is 17.8 Å². The Morgan fingerprint density at radius 1 is 1.15 bits per heavy atom. The predicted molar refractivity (Wildman–Crippen MR) is 173 cm³/mol. The monoisotopic (exact) mass is 648 g/mol. The van der Waals surface area contributed by atoms with Gasteiger partial charge in [-0.25, -0.2) is 4.79 Å². The zero-order valence-corrected chi connectivity index (χ0v) is 28.5. The molecule has 3 N–H and O–H groups in total. The molecular weight excluding hydrogens is 596 g/mol. The van der Waals surface area contributed by atoms with Crippen molar-refractivity contribution < 1.29 is 38.7 Å². The number of fused-ring (bicyclic) bond motifs is 1. The molecule has 258 valence electrons. The SMILES string of the molecule is CCCCNC(=O)[C@H](C)C[C@H](O)[C@H](CC(C)(C)CC(=O)N1CC(C(=O)OCC)Cc2ccc([N+](=O)[O-])cc21)NC(=O)OC(C)(C)C. The molecule has 1 aromatic rings. The summed E-state index contributed by atoms with van der Waals surface area (Å²) < 4.78 is 10.7. The summed E-state index contributed by atoms with van der Waals surface area (Å²) in [6.45, 7) is 14.9. The van der Waals surface area contributed by atoms with Crippen LogP contribution in [0.5, 0.6) is 0 Å². The first-order valence-corrected chi connectivity index (χ1v) is 16.1. The lowest BCUT2D eigenvalue weighted by Gasteiger charge is -2.37. The number of hydrogen-bond donors (Lipinski definition) is 3. The Balaban J connectivity index is 2.31. The first kappa shape index (κ1) is 38.4. The number of nitrogens with one attached hydrogen (secondary N) is 2. The zero-order valence-electron chi connectivity index (χ0n) is 28.5. The smallest absolute Gasteiger partial charge is 0.407 e. The van der Waals surface area contributed by atoms with Crippen LogP contribution in [0.2, 0.25) is 0 Å². The molecule has 13 nitrogen and oxygen atoms in total. The van der Waals surface area contributed by atoms with Crippen molar-refractivity contribution >= 4 is 35.3 Å². The third-order valence-corrected chi connectivity index (χ3v) is 7.80. The number of nitrogens with zero attached hydrogens (tertiary/aromatic N) is 2. The number of carbonyl (C=O) groups excluding carboxylic acids is 4. The average molecular weight is 649 g/mol. The van der Waals surface area contributed by atoms with Gasteiger partial charge in [-0.05, 0) is 64.4 Å². The van der Waals surface area contributed by atoms with Crippen LogP contribution in [-0.4, -0.2) is 71.3 Å². The third-order valence-electron chi connectivity index (χ3n) is 7.80. The minimum absolute atomic E-state index is 0.00517. The summed E-state index contributed by atoms with van der Waals surface area (Å²) >= 11 is 0. The molecule has 1 aliphatic rings. The minimum atomic E-state index is -1.14. The normalized spacial score (nSPS) is 16.8. The molecule has 0 aliphatic carbocycles. The lowest BCUT2D eigenvalue weighted by atomic mass is 9.79. The Hall–Kier alpha value is -3.74. The van der Waals surface area contributed by atoms with Gasteiger partial charge in [0.05, 0.1) is 35.3 Å². The number of aliphatic hydroxyl groups is 1. The molecule has 1 unspecified atom stereocenters. The van der Waals surface area contributed by atoms with Crippen LogP contribution in [0, 0.1) is 27.4 Å². The van der Waals surface area contributed by atoms with Crippen molar-refractivity contribution in [1.29, 1.82) is 0 Å². The Morgan fingerprint density at radius 3 is 2.41 bits per heavy atom. The summed E-state index contributed by atoms with van der Waals surface area (Å²) in [6, 6.07) is 3.37. The van der Waals surface area contributed by atoms with Crippen LogP contribution in [0.3, 0.4) is 0 Å². The lowest BCUT2D eigenvalue weighted by Crippen LogP contribution is -2.49. The number of unbranched alkanes of at least 4 members (excludes halogenated alkanes) is 1. The van der Waals surface area contributed by atoms with Crippen molar-refractivity contribution in [3.8, 4) is 0 Å². The molecule has 0 spiro atoms. The second kappa shape index (κ2) is 16.7. The van der Waals surface area contributed by atoms with Gasteiger partial charge >= 0.3 is 12.1 Å². The maximum atomic E-state index is 13.9. The van der Waals surface area contributed by atoms with E-state index in [0.717, 1.165) is 12.8 Å². The minimum Gasteiger partial charge on any atom is -0.466 e. The van der Waals surface area contributed by atoms with Crippen molar-refractivity contribution in [2.75, 3.05) is 24.6 Å². The number of nitro groups is 1. The highest BCUT2D eigenvalue weighted by atomic mass is 16.6. The molecule has 2 rings (SSSR count). The Kier molecular flexibility index (Phi) is 14.0. The topological polar surface area (TPSA) is 177 Å². The molecule has 0 bridgehead atoms. The molecule has 1 aliphatic heterocycles. The molecule has 3 amide bonds. The number of aliphatic hydroxyl groups excluding tert-OH is 1. The van der Waals surface area contributed by atoms with E-state index in [-0.39, 0.29) is 56.3 Å². The van der Waals surface area contributed by atoms with Crippen LogP contribution in [0.4, 0.5) is 16.2 Å². The summed E-state index contributed by atoms with van der Waals surface area (Å²) in [5.41, 5.74) is -0.809. The van der Waals surface area contributed by atoms with E-state index in [4.69, 9.17) is 9.47 Å². The van der Waals surface area contributed by atoms with E-state index in [1.165, 1.54) is 17.0 Å². The van der Waals surface area contributed by atoms with Crippen LogP contribution >= 0.6 is 0 Å². The highest BCUT2D eigenvalue weighted by Crippen LogP contribution is 2.37. The maximum Gasteiger partial charge on any atom is 0.407 e.